The summed E-state index contributed by atoms with van der Waals surface area (Å²) >= 11 is 1.74. The molecule has 0 saturated carbocycles. The predicted octanol–water partition coefficient (Wildman–Crippen LogP) is 2.20. The van der Waals surface area contributed by atoms with Crippen molar-refractivity contribution in [2.45, 2.75) is 25.3 Å². The number of thioether (sulfide) groups is 1. The van der Waals surface area contributed by atoms with Crippen LogP contribution in [0.2, 0.25) is 0 Å². The van der Waals surface area contributed by atoms with Gasteiger partial charge in [-0.1, -0.05) is 13.8 Å². The largest absolute Gasteiger partial charge is 0.316 e. The number of aromatic nitrogens is 2. The minimum Gasteiger partial charge on any atom is -0.316 e. The fourth-order valence-corrected chi connectivity index (χ4v) is 1.83. The van der Waals surface area contributed by atoms with Gasteiger partial charge in [0.2, 0.25) is 0 Å². The molecule has 1 rings (SSSR count). The van der Waals surface area contributed by atoms with E-state index in [2.05, 4.69) is 29.1 Å². The van der Waals surface area contributed by atoms with E-state index >= 15 is 0 Å². The zero-order chi connectivity index (χ0) is 10.9. The molecule has 0 aliphatic heterocycles. The van der Waals surface area contributed by atoms with Crippen LogP contribution in [0.4, 0.5) is 0 Å². The fraction of sp³-hybridized carbons (Fsp3) is 0.636. The molecule has 1 aromatic heterocycles. The molecule has 1 aromatic rings. The van der Waals surface area contributed by atoms with Gasteiger partial charge in [0.25, 0.3) is 0 Å². The third-order valence-corrected chi connectivity index (χ3v) is 2.88. The van der Waals surface area contributed by atoms with Crippen LogP contribution in [0.1, 0.15) is 20.3 Å². The summed E-state index contributed by atoms with van der Waals surface area (Å²) in [6, 6.07) is 0. The number of hydrogen-bond donors (Lipinski definition) is 1. The Bertz CT molecular complexity index is 251. The molecule has 0 aliphatic rings. The highest BCUT2D eigenvalue weighted by molar-refractivity contribution is 7.99. The molecule has 4 heteroatoms. The van der Waals surface area contributed by atoms with Gasteiger partial charge in [-0.05, 0) is 18.9 Å². The van der Waals surface area contributed by atoms with Gasteiger partial charge in [0.15, 0.2) is 0 Å². The standard InChI is InChI=1S/C11H19N3S/c1-10(2)3-4-12-7-8-15-11-9-13-5-6-14-11/h5-6,9-10,12H,3-4,7-8H2,1-2H3. The SMILES string of the molecule is CC(C)CCNCCSc1cnccn1. The average Bonchev–Trinajstić information content (AvgIpc) is 2.24. The summed E-state index contributed by atoms with van der Waals surface area (Å²) in [5.41, 5.74) is 0. The lowest BCUT2D eigenvalue weighted by molar-refractivity contribution is 0.547. The first-order valence-corrected chi connectivity index (χ1v) is 6.37. The molecule has 0 radical (unpaired) electrons. The van der Waals surface area contributed by atoms with Crippen molar-refractivity contribution in [2.75, 3.05) is 18.8 Å². The Balaban J connectivity index is 1.98. The third-order valence-electron chi connectivity index (χ3n) is 1.97. The highest BCUT2D eigenvalue weighted by atomic mass is 32.2. The van der Waals surface area contributed by atoms with Gasteiger partial charge < -0.3 is 5.32 Å². The smallest absolute Gasteiger partial charge is 0.114 e. The van der Waals surface area contributed by atoms with Crippen LogP contribution in [0.25, 0.3) is 0 Å². The van der Waals surface area contributed by atoms with E-state index in [1.807, 2.05) is 0 Å². The lowest BCUT2D eigenvalue weighted by Gasteiger charge is -2.06. The first-order valence-electron chi connectivity index (χ1n) is 5.38. The van der Waals surface area contributed by atoms with E-state index < -0.39 is 0 Å². The van der Waals surface area contributed by atoms with Crippen LogP contribution in [-0.2, 0) is 0 Å². The molecule has 3 nitrogen and oxygen atoms in total. The Morgan fingerprint density at radius 2 is 2.20 bits per heavy atom. The molecule has 0 aromatic carbocycles. The predicted molar refractivity (Wildman–Crippen MR) is 65.1 cm³/mol. The maximum atomic E-state index is 4.20. The van der Waals surface area contributed by atoms with E-state index in [-0.39, 0.29) is 0 Å². The number of nitrogens with zero attached hydrogens (tertiary/aromatic N) is 2. The van der Waals surface area contributed by atoms with Crippen LogP contribution in [0.15, 0.2) is 23.6 Å². The summed E-state index contributed by atoms with van der Waals surface area (Å²) in [7, 11) is 0. The molecule has 0 bridgehead atoms. The normalized spacial score (nSPS) is 10.9. The molecule has 0 atom stereocenters. The van der Waals surface area contributed by atoms with Crippen LogP contribution < -0.4 is 5.32 Å². The first-order chi connectivity index (χ1) is 7.29. The second kappa shape index (κ2) is 7.65. The van der Waals surface area contributed by atoms with E-state index in [1.54, 1.807) is 30.4 Å². The quantitative estimate of drug-likeness (QED) is 0.570. The second-order valence-corrected chi connectivity index (χ2v) is 4.94. The first kappa shape index (κ1) is 12.5. The van der Waals surface area contributed by atoms with Crippen molar-refractivity contribution < 1.29 is 0 Å². The number of rotatable bonds is 7. The molecule has 15 heavy (non-hydrogen) atoms. The topological polar surface area (TPSA) is 37.8 Å². The third kappa shape index (κ3) is 6.47. The van der Waals surface area contributed by atoms with Crippen LogP contribution in [0.3, 0.4) is 0 Å². The zero-order valence-electron chi connectivity index (χ0n) is 9.44. The van der Waals surface area contributed by atoms with Crippen molar-refractivity contribution in [1.82, 2.24) is 15.3 Å². The summed E-state index contributed by atoms with van der Waals surface area (Å²) in [4.78, 5) is 8.22. The minimum absolute atomic E-state index is 0.783. The zero-order valence-corrected chi connectivity index (χ0v) is 10.3. The highest BCUT2D eigenvalue weighted by Gasteiger charge is 1.95. The summed E-state index contributed by atoms with van der Waals surface area (Å²) in [5.74, 6) is 1.83. The van der Waals surface area contributed by atoms with E-state index in [9.17, 15) is 0 Å². The molecule has 0 aliphatic carbocycles. The molecule has 1 heterocycles. The summed E-state index contributed by atoms with van der Waals surface area (Å²) < 4.78 is 0. The monoisotopic (exact) mass is 225 g/mol. The molecular formula is C11H19N3S. The Labute approximate surface area is 96.1 Å². The molecule has 0 spiro atoms. The number of nitrogens with one attached hydrogen (secondary N) is 1. The van der Waals surface area contributed by atoms with Crippen molar-refractivity contribution in [3.8, 4) is 0 Å². The lowest BCUT2D eigenvalue weighted by Crippen LogP contribution is -2.19. The van der Waals surface area contributed by atoms with Gasteiger partial charge in [-0.2, -0.15) is 0 Å². The van der Waals surface area contributed by atoms with Crippen molar-refractivity contribution >= 4 is 11.8 Å². The Morgan fingerprint density at radius 1 is 1.33 bits per heavy atom. The van der Waals surface area contributed by atoms with Gasteiger partial charge in [0.1, 0.15) is 5.03 Å². The van der Waals surface area contributed by atoms with Gasteiger partial charge in [-0.3, -0.25) is 4.98 Å². The molecule has 1 N–H and O–H groups in total. The summed E-state index contributed by atoms with van der Waals surface area (Å²) in [5, 5.41) is 4.42. The van der Waals surface area contributed by atoms with E-state index in [0.29, 0.717) is 0 Å². The maximum absolute atomic E-state index is 4.20. The highest BCUT2D eigenvalue weighted by Crippen LogP contribution is 2.11. The van der Waals surface area contributed by atoms with Gasteiger partial charge >= 0.3 is 0 Å². The molecule has 0 saturated heterocycles. The van der Waals surface area contributed by atoms with Crippen molar-refractivity contribution in [2.24, 2.45) is 5.92 Å². The molecule has 0 fully saturated rings. The Morgan fingerprint density at radius 3 is 2.87 bits per heavy atom. The summed E-state index contributed by atoms with van der Waals surface area (Å²) in [6.45, 7) is 6.64. The van der Waals surface area contributed by atoms with Crippen molar-refractivity contribution in [1.29, 1.82) is 0 Å². The van der Waals surface area contributed by atoms with Crippen LogP contribution in [-0.4, -0.2) is 28.8 Å². The van der Waals surface area contributed by atoms with E-state index in [0.717, 1.165) is 29.8 Å². The number of hydrogen-bond acceptors (Lipinski definition) is 4. The van der Waals surface area contributed by atoms with Gasteiger partial charge in [0.05, 0.1) is 6.20 Å². The Kier molecular flexibility index (Phi) is 6.36. The molecule has 0 unspecified atom stereocenters. The second-order valence-electron chi connectivity index (χ2n) is 3.82. The van der Waals surface area contributed by atoms with E-state index in [4.69, 9.17) is 0 Å². The fourth-order valence-electron chi connectivity index (χ4n) is 1.10. The van der Waals surface area contributed by atoms with Crippen molar-refractivity contribution in [3.63, 3.8) is 0 Å². The molecular weight excluding hydrogens is 206 g/mol. The Hall–Kier alpha value is -0.610. The van der Waals surface area contributed by atoms with Crippen LogP contribution in [0.5, 0.6) is 0 Å². The van der Waals surface area contributed by atoms with Crippen LogP contribution >= 0.6 is 11.8 Å². The average molecular weight is 225 g/mol. The molecule has 84 valence electrons. The lowest BCUT2D eigenvalue weighted by atomic mass is 10.1. The summed E-state index contributed by atoms with van der Waals surface area (Å²) in [6.07, 6.45) is 6.48. The van der Waals surface area contributed by atoms with E-state index in [1.165, 1.54) is 6.42 Å². The maximum Gasteiger partial charge on any atom is 0.114 e. The molecule has 0 amide bonds. The van der Waals surface area contributed by atoms with Gasteiger partial charge in [0, 0.05) is 24.7 Å². The van der Waals surface area contributed by atoms with Gasteiger partial charge in [-0.25, -0.2) is 4.98 Å². The van der Waals surface area contributed by atoms with Gasteiger partial charge in [-0.15, -0.1) is 11.8 Å². The van der Waals surface area contributed by atoms with Crippen LogP contribution in [0, 0.1) is 5.92 Å². The minimum atomic E-state index is 0.783. The van der Waals surface area contributed by atoms with Crippen molar-refractivity contribution in [3.05, 3.63) is 18.6 Å².